The van der Waals surface area contributed by atoms with Crippen molar-refractivity contribution in [3.05, 3.63) is 103 Å². The van der Waals surface area contributed by atoms with E-state index in [1.54, 1.807) is 11.8 Å². The minimum absolute atomic E-state index is 0. The van der Waals surface area contributed by atoms with Gasteiger partial charge in [-0.3, -0.25) is 0 Å². The summed E-state index contributed by atoms with van der Waals surface area (Å²) >= 11 is 1.96. The molecule has 0 N–H and O–H groups in total. The number of pyridine rings is 1. The van der Waals surface area contributed by atoms with Crippen LogP contribution in [0, 0.1) is 24.7 Å². The molecule has 3 nitrogen and oxygen atoms in total. The van der Waals surface area contributed by atoms with Gasteiger partial charge in [-0.05, 0) is 48.2 Å². The Morgan fingerprint density at radius 2 is 1.73 bits per heavy atom. The van der Waals surface area contributed by atoms with Crippen LogP contribution >= 0.6 is 11.8 Å². The molecule has 0 spiro atoms. The van der Waals surface area contributed by atoms with Crippen molar-refractivity contribution in [3.63, 3.8) is 0 Å². The number of para-hydroxylation sites is 1. The number of nitrogens with zero attached hydrogens (tertiary/aromatic N) is 3. The quantitative estimate of drug-likeness (QED) is 0.195. The second kappa shape index (κ2) is 11.6. The van der Waals surface area contributed by atoms with Gasteiger partial charge >= 0.3 is 20.1 Å². The SMILES string of the molecule is CC(C)CN1[CH-]N2c3[c-]cc4c(c3Sc3cccc1c32)C(C)(C)CCC4(C)C.[Ir+3].[c-]1ccccc1-c1ccccn1. The topological polar surface area (TPSA) is 19.4 Å². The predicted molar refractivity (Wildman–Crippen MR) is 168 cm³/mol. The Labute approximate surface area is 264 Å². The molecule has 0 unspecified atom stereocenters. The molecular weight excluding hydrogens is 699 g/mol. The van der Waals surface area contributed by atoms with E-state index >= 15 is 0 Å². The van der Waals surface area contributed by atoms with Gasteiger partial charge in [0.05, 0.1) is 0 Å². The Balaban J connectivity index is 0.000000218. The number of hydrogen-bond acceptors (Lipinski definition) is 4. The first-order chi connectivity index (χ1) is 19.2. The Morgan fingerprint density at radius 3 is 2.44 bits per heavy atom. The van der Waals surface area contributed by atoms with Gasteiger partial charge in [-0.1, -0.05) is 82.2 Å². The average molecular weight is 737 g/mol. The number of fused-ring (bicyclic) bond motifs is 4. The van der Waals surface area contributed by atoms with E-state index in [-0.39, 0.29) is 30.9 Å². The molecule has 41 heavy (non-hydrogen) atoms. The Kier molecular flexibility index (Phi) is 8.45. The molecule has 3 aliphatic rings. The van der Waals surface area contributed by atoms with Crippen molar-refractivity contribution in [3.8, 4) is 11.3 Å². The molecule has 0 bridgehead atoms. The summed E-state index contributed by atoms with van der Waals surface area (Å²) in [6.07, 6.45) is 4.26. The molecule has 7 rings (SSSR count). The molecule has 0 amide bonds. The van der Waals surface area contributed by atoms with Crippen LogP contribution in [0.15, 0.2) is 82.7 Å². The summed E-state index contributed by atoms with van der Waals surface area (Å²) in [5.41, 5.74) is 9.37. The number of rotatable bonds is 3. The third kappa shape index (κ3) is 5.61. The second-order valence-corrected chi connectivity index (χ2v) is 13.8. The first-order valence-electron chi connectivity index (χ1n) is 14.4. The van der Waals surface area contributed by atoms with Crippen LogP contribution < -0.4 is 9.80 Å². The van der Waals surface area contributed by atoms with Gasteiger partial charge in [0.25, 0.3) is 0 Å². The fraction of sp³-hybridized carbons (Fsp3) is 0.333. The first kappa shape index (κ1) is 29.9. The summed E-state index contributed by atoms with van der Waals surface area (Å²) in [6.45, 7) is 17.6. The molecular formula is C36H38IrN3S. The van der Waals surface area contributed by atoms with Crippen LogP contribution in [0.3, 0.4) is 0 Å². The van der Waals surface area contributed by atoms with Gasteiger partial charge in [0.2, 0.25) is 0 Å². The van der Waals surface area contributed by atoms with Gasteiger partial charge in [-0.2, -0.15) is 30.6 Å². The number of anilines is 3. The molecule has 4 aromatic rings. The molecule has 5 heteroatoms. The fourth-order valence-corrected chi connectivity index (χ4v) is 7.52. The Hall–Kier alpha value is -2.59. The van der Waals surface area contributed by atoms with Crippen LogP contribution in [0.4, 0.5) is 17.1 Å². The largest absolute Gasteiger partial charge is 3.00 e. The maximum atomic E-state index is 4.22. The van der Waals surface area contributed by atoms with Crippen LogP contribution in [0.25, 0.3) is 11.3 Å². The van der Waals surface area contributed by atoms with Crippen LogP contribution in [0.5, 0.6) is 0 Å². The molecule has 0 saturated carbocycles. The van der Waals surface area contributed by atoms with Gasteiger partial charge in [0.1, 0.15) is 0 Å². The molecule has 0 fully saturated rings. The van der Waals surface area contributed by atoms with Crippen LogP contribution in [0.2, 0.25) is 0 Å². The zero-order valence-electron chi connectivity index (χ0n) is 24.8. The van der Waals surface area contributed by atoms with E-state index in [9.17, 15) is 0 Å². The first-order valence-corrected chi connectivity index (χ1v) is 15.2. The maximum Gasteiger partial charge on any atom is 3.00 e. The van der Waals surface area contributed by atoms with Gasteiger partial charge in [0, 0.05) is 22.5 Å². The van der Waals surface area contributed by atoms with Crippen molar-refractivity contribution < 1.29 is 20.1 Å². The average Bonchev–Trinajstić information content (AvgIpc) is 3.31. The van der Waals surface area contributed by atoms with Crippen LogP contribution in [-0.4, -0.2) is 11.5 Å². The Morgan fingerprint density at radius 1 is 0.951 bits per heavy atom. The zero-order chi connectivity index (χ0) is 28.1. The summed E-state index contributed by atoms with van der Waals surface area (Å²) < 4.78 is 0. The van der Waals surface area contributed by atoms with Gasteiger partial charge in [-0.15, -0.1) is 47.0 Å². The van der Waals surface area contributed by atoms with Crippen LogP contribution in [0.1, 0.15) is 65.5 Å². The van der Waals surface area contributed by atoms with Crippen molar-refractivity contribution in [2.75, 3.05) is 16.3 Å². The van der Waals surface area contributed by atoms with Crippen molar-refractivity contribution in [2.45, 2.75) is 75.0 Å². The van der Waals surface area contributed by atoms with E-state index in [4.69, 9.17) is 0 Å². The molecule has 0 atom stereocenters. The predicted octanol–water partition coefficient (Wildman–Crippen LogP) is 9.58. The van der Waals surface area contributed by atoms with E-state index < -0.39 is 0 Å². The summed E-state index contributed by atoms with van der Waals surface area (Å²) in [5.74, 6) is 0.618. The smallest absolute Gasteiger partial charge is 0.501 e. The number of benzene rings is 3. The van der Waals surface area contributed by atoms with Crippen molar-refractivity contribution in [2.24, 2.45) is 5.92 Å². The number of aromatic nitrogens is 1. The standard InChI is InChI=1S/C25H30N2S.C11H8N.Ir/c1-16(2)14-26-15-27-19-11-10-17-21(25(5,6)13-12-24(17,3)4)23(19)28-20-9-7-8-18(26)22(20)27;1-2-6-10(7-3-1)11-8-4-5-9-12-11;/h7-10,15-16H,12-14H2,1-6H3;1-6,8-9H;/q-2;-1;+3. The van der Waals surface area contributed by atoms with E-state index in [0.717, 1.165) is 17.8 Å². The van der Waals surface area contributed by atoms with E-state index in [1.165, 1.54) is 45.3 Å². The molecule has 0 saturated heterocycles. The summed E-state index contributed by atoms with van der Waals surface area (Å²) in [5, 5.41) is 0. The summed E-state index contributed by atoms with van der Waals surface area (Å²) in [7, 11) is 0. The van der Waals surface area contributed by atoms with E-state index in [2.05, 4.69) is 99.4 Å². The Bertz CT molecular complexity index is 1480. The molecule has 3 aromatic carbocycles. The van der Waals surface area contributed by atoms with E-state index in [1.807, 2.05) is 54.2 Å². The van der Waals surface area contributed by atoms with Crippen LogP contribution in [-0.2, 0) is 30.9 Å². The monoisotopic (exact) mass is 737 g/mol. The summed E-state index contributed by atoms with van der Waals surface area (Å²) in [4.78, 5) is 11.8. The van der Waals surface area contributed by atoms with Crippen molar-refractivity contribution in [1.82, 2.24) is 4.98 Å². The van der Waals surface area contributed by atoms with E-state index in [0.29, 0.717) is 5.92 Å². The third-order valence-corrected chi connectivity index (χ3v) is 9.44. The molecule has 1 aliphatic carbocycles. The fourth-order valence-electron chi connectivity index (χ4n) is 6.11. The minimum atomic E-state index is 0. The minimum Gasteiger partial charge on any atom is -0.501 e. The van der Waals surface area contributed by atoms with Gasteiger partial charge < -0.3 is 14.8 Å². The molecule has 1 aromatic heterocycles. The normalized spacial score (nSPS) is 17.0. The zero-order valence-corrected chi connectivity index (χ0v) is 28.0. The second-order valence-electron chi connectivity index (χ2n) is 12.8. The molecule has 2 aliphatic heterocycles. The third-order valence-electron chi connectivity index (χ3n) is 8.29. The molecule has 3 heterocycles. The van der Waals surface area contributed by atoms with Crippen molar-refractivity contribution in [1.29, 1.82) is 0 Å². The van der Waals surface area contributed by atoms with Gasteiger partial charge in [-0.25, -0.2) is 0 Å². The molecule has 212 valence electrons. The molecule has 0 radical (unpaired) electrons. The summed E-state index contributed by atoms with van der Waals surface area (Å²) in [6, 6.07) is 29.6. The van der Waals surface area contributed by atoms with Gasteiger partial charge in [0.15, 0.2) is 0 Å². The van der Waals surface area contributed by atoms with Crippen molar-refractivity contribution >= 4 is 28.8 Å². The number of hydrogen-bond donors (Lipinski definition) is 0. The maximum absolute atomic E-state index is 4.22.